The van der Waals surface area contributed by atoms with Gasteiger partial charge in [0.15, 0.2) is 0 Å². The zero-order chi connectivity index (χ0) is 17.0. The first-order valence-electron chi connectivity index (χ1n) is 7.12. The van der Waals surface area contributed by atoms with Crippen LogP contribution in [0.3, 0.4) is 0 Å². The highest BCUT2D eigenvalue weighted by Gasteiger charge is 2.38. The molecule has 0 unspecified atom stereocenters. The molecule has 0 heterocycles. The van der Waals surface area contributed by atoms with Crippen molar-refractivity contribution in [1.29, 1.82) is 0 Å². The van der Waals surface area contributed by atoms with E-state index in [1.165, 1.54) is 3.57 Å². The van der Waals surface area contributed by atoms with Crippen molar-refractivity contribution in [2.24, 2.45) is 0 Å². The number of hydrogen-bond acceptors (Lipinski definition) is 2. The molecule has 0 atom stereocenters. The Morgan fingerprint density at radius 2 is 1.41 bits per heavy atom. The molecule has 0 saturated heterocycles. The summed E-state index contributed by atoms with van der Waals surface area (Å²) in [5, 5.41) is 0. The Bertz CT molecular complexity index is 620. The molecule has 0 aliphatic carbocycles. The van der Waals surface area contributed by atoms with Gasteiger partial charge in [-0.25, -0.2) is 0 Å². The number of terminal acetylenes is 1. The lowest BCUT2D eigenvalue weighted by molar-refractivity contribution is 0.402. The van der Waals surface area contributed by atoms with Crippen LogP contribution in [0.2, 0.25) is 39.3 Å². The third-order valence-electron chi connectivity index (χ3n) is 2.70. The molecule has 0 bridgehead atoms. The van der Waals surface area contributed by atoms with E-state index in [4.69, 9.17) is 14.7 Å². The Kier molecular flexibility index (Phi) is 6.69. The van der Waals surface area contributed by atoms with Crippen LogP contribution in [0, 0.1) is 27.0 Å². The standard InChI is InChI=1S/C16H23IO2Si3/c1-8-20(2,3)18-22(6,7)19-21(4,5)14-13-15-9-11-16(17)12-10-15/h1,9-12H,2-7H3. The van der Waals surface area contributed by atoms with Gasteiger partial charge in [-0.1, -0.05) is 11.5 Å². The Morgan fingerprint density at radius 1 is 0.909 bits per heavy atom. The molecule has 0 aliphatic heterocycles. The maximum Gasteiger partial charge on any atom is 0.312 e. The molecule has 0 N–H and O–H groups in total. The molecular formula is C16H23IO2Si3. The minimum atomic E-state index is -2.26. The number of hydrogen-bond donors (Lipinski definition) is 0. The van der Waals surface area contributed by atoms with Crippen LogP contribution in [0.15, 0.2) is 24.3 Å². The van der Waals surface area contributed by atoms with Crippen molar-refractivity contribution in [2.45, 2.75) is 39.3 Å². The lowest BCUT2D eigenvalue weighted by atomic mass is 10.2. The molecule has 0 amide bonds. The van der Waals surface area contributed by atoms with Gasteiger partial charge in [-0.05, 0) is 86.1 Å². The topological polar surface area (TPSA) is 18.5 Å². The highest BCUT2D eigenvalue weighted by molar-refractivity contribution is 14.1. The predicted molar refractivity (Wildman–Crippen MR) is 109 cm³/mol. The van der Waals surface area contributed by atoms with E-state index in [9.17, 15) is 0 Å². The van der Waals surface area contributed by atoms with Crippen LogP contribution in [-0.4, -0.2) is 25.2 Å². The monoisotopic (exact) mass is 458 g/mol. The van der Waals surface area contributed by atoms with Crippen molar-refractivity contribution >= 4 is 47.8 Å². The molecule has 6 heteroatoms. The number of halogens is 1. The fourth-order valence-corrected chi connectivity index (χ4v) is 13.7. The second kappa shape index (κ2) is 7.47. The van der Waals surface area contributed by atoms with Crippen LogP contribution in [0.1, 0.15) is 5.56 Å². The molecule has 0 aromatic heterocycles. The van der Waals surface area contributed by atoms with E-state index in [2.05, 4.69) is 77.9 Å². The van der Waals surface area contributed by atoms with Crippen molar-refractivity contribution in [3.8, 4) is 23.4 Å². The Morgan fingerprint density at radius 3 is 1.91 bits per heavy atom. The Balaban J connectivity index is 2.83. The average Bonchev–Trinajstić information content (AvgIpc) is 2.35. The van der Waals surface area contributed by atoms with E-state index in [1.54, 1.807) is 0 Å². The van der Waals surface area contributed by atoms with Crippen molar-refractivity contribution in [3.05, 3.63) is 33.4 Å². The normalized spacial score (nSPS) is 12.3. The molecule has 1 rings (SSSR count). The quantitative estimate of drug-likeness (QED) is 0.376. The third kappa shape index (κ3) is 7.27. The highest BCUT2D eigenvalue weighted by Crippen LogP contribution is 2.19. The molecule has 1 aromatic carbocycles. The van der Waals surface area contributed by atoms with Gasteiger partial charge >= 0.3 is 8.56 Å². The molecule has 1 aromatic rings. The summed E-state index contributed by atoms with van der Waals surface area (Å²) in [6.45, 7) is 12.4. The summed E-state index contributed by atoms with van der Waals surface area (Å²) in [4.78, 5) is 0. The highest BCUT2D eigenvalue weighted by atomic mass is 127. The van der Waals surface area contributed by atoms with Gasteiger partial charge < -0.3 is 8.23 Å². The van der Waals surface area contributed by atoms with Gasteiger partial charge in [0, 0.05) is 9.13 Å². The maximum atomic E-state index is 6.33. The summed E-state index contributed by atoms with van der Waals surface area (Å²) in [6.07, 6.45) is 5.56. The minimum Gasteiger partial charge on any atom is -0.427 e. The van der Waals surface area contributed by atoms with Gasteiger partial charge in [0.05, 0.1) is 0 Å². The van der Waals surface area contributed by atoms with Crippen molar-refractivity contribution in [1.82, 2.24) is 0 Å². The van der Waals surface area contributed by atoms with Gasteiger partial charge in [-0.2, -0.15) is 0 Å². The molecule has 2 nitrogen and oxygen atoms in total. The van der Waals surface area contributed by atoms with Gasteiger partial charge in [0.1, 0.15) is 0 Å². The maximum absolute atomic E-state index is 6.33. The van der Waals surface area contributed by atoms with Crippen LogP contribution < -0.4 is 0 Å². The molecule has 22 heavy (non-hydrogen) atoms. The van der Waals surface area contributed by atoms with Crippen LogP contribution in [0.5, 0.6) is 0 Å². The van der Waals surface area contributed by atoms with E-state index in [0.29, 0.717) is 0 Å². The smallest absolute Gasteiger partial charge is 0.312 e. The molecule has 0 aliphatic rings. The summed E-state index contributed by atoms with van der Waals surface area (Å²) in [5.74, 6) is 3.23. The molecule has 0 radical (unpaired) electrons. The van der Waals surface area contributed by atoms with Gasteiger partial charge in [-0.3, -0.25) is 0 Å². The van der Waals surface area contributed by atoms with E-state index >= 15 is 0 Å². The summed E-state index contributed by atoms with van der Waals surface area (Å²) >= 11 is 2.29. The van der Waals surface area contributed by atoms with Crippen LogP contribution >= 0.6 is 22.6 Å². The second-order valence-electron chi connectivity index (χ2n) is 6.53. The zero-order valence-electron chi connectivity index (χ0n) is 14.1. The van der Waals surface area contributed by atoms with E-state index in [1.807, 2.05) is 25.2 Å². The summed E-state index contributed by atoms with van der Waals surface area (Å²) in [5.41, 5.74) is 7.15. The Hall–Kier alpha value is -0.359. The number of benzene rings is 1. The molecular weight excluding hydrogens is 435 g/mol. The predicted octanol–water partition coefficient (Wildman–Crippen LogP) is 4.50. The lowest BCUT2D eigenvalue weighted by Gasteiger charge is -2.34. The molecule has 0 fully saturated rings. The van der Waals surface area contributed by atoms with Gasteiger partial charge in [0.25, 0.3) is 16.6 Å². The first-order chi connectivity index (χ1) is 9.95. The molecule has 0 spiro atoms. The van der Waals surface area contributed by atoms with E-state index in [0.717, 1.165) is 5.56 Å². The molecule has 118 valence electrons. The largest absolute Gasteiger partial charge is 0.427 e. The average molecular weight is 459 g/mol. The summed E-state index contributed by atoms with van der Waals surface area (Å²) in [7, 11) is -6.45. The lowest BCUT2D eigenvalue weighted by Crippen LogP contribution is -2.51. The van der Waals surface area contributed by atoms with Crippen molar-refractivity contribution in [2.75, 3.05) is 0 Å². The number of rotatable bonds is 4. The van der Waals surface area contributed by atoms with Crippen molar-refractivity contribution in [3.63, 3.8) is 0 Å². The van der Waals surface area contributed by atoms with Crippen molar-refractivity contribution < 1.29 is 8.23 Å². The van der Waals surface area contributed by atoms with Crippen LogP contribution in [0.4, 0.5) is 0 Å². The molecule has 0 saturated carbocycles. The first-order valence-corrected chi connectivity index (χ1v) is 16.8. The fourth-order valence-electron chi connectivity index (χ4n) is 2.06. The SMILES string of the molecule is C#C[Si](C)(C)O[Si](C)(C)O[Si](C)(C)C#Cc1ccc(I)cc1. The summed E-state index contributed by atoms with van der Waals surface area (Å²) < 4.78 is 13.7. The fraction of sp³-hybridized carbons (Fsp3) is 0.375. The van der Waals surface area contributed by atoms with E-state index < -0.39 is 25.2 Å². The van der Waals surface area contributed by atoms with Crippen LogP contribution in [-0.2, 0) is 8.23 Å². The minimum absolute atomic E-state index is 1.02. The second-order valence-corrected chi connectivity index (χ2v) is 18.8. The third-order valence-corrected chi connectivity index (χ3v) is 12.9. The van der Waals surface area contributed by atoms with Gasteiger partial charge in [0.2, 0.25) is 0 Å². The Labute approximate surface area is 151 Å². The summed E-state index contributed by atoms with van der Waals surface area (Å²) in [6, 6.07) is 8.19. The first kappa shape index (κ1) is 19.7. The van der Waals surface area contributed by atoms with Gasteiger partial charge in [-0.15, -0.1) is 12.0 Å². The van der Waals surface area contributed by atoms with Crippen LogP contribution in [0.25, 0.3) is 0 Å². The van der Waals surface area contributed by atoms with E-state index in [-0.39, 0.29) is 0 Å². The zero-order valence-corrected chi connectivity index (χ0v) is 19.2.